The van der Waals surface area contributed by atoms with Crippen LogP contribution in [0.5, 0.6) is 0 Å². The molecule has 1 amide bonds. The standard InChI is InChI=1S/C19H18N2O6/c1-11-9-12(6-7-14(11)21-16(22)15-5-4-8-25-15)20-10-13-17(23)26-19(2,3)27-18(13)24/h4-10,20H,1-3H3,(H,21,22). The van der Waals surface area contributed by atoms with Gasteiger partial charge in [0, 0.05) is 31.4 Å². The fourth-order valence-electron chi connectivity index (χ4n) is 2.42. The molecule has 8 nitrogen and oxygen atoms in total. The number of carbonyl (C=O) groups is 3. The first-order valence-electron chi connectivity index (χ1n) is 8.14. The Bertz CT molecular complexity index is 906. The molecule has 0 aliphatic carbocycles. The third kappa shape index (κ3) is 4.17. The van der Waals surface area contributed by atoms with Crippen LogP contribution in [0.1, 0.15) is 30.0 Å². The van der Waals surface area contributed by atoms with E-state index in [-0.39, 0.29) is 17.2 Å². The van der Waals surface area contributed by atoms with Gasteiger partial charge in [0.05, 0.1) is 6.26 Å². The predicted molar refractivity (Wildman–Crippen MR) is 95.8 cm³/mol. The van der Waals surface area contributed by atoms with Crippen molar-refractivity contribution in [3.05, 3.63) is 59.7 Å². The largest absolute Gasteiger partial charge is 0.459 e. The van der Waals surface area contributed by atoms with Crippen LogP contribution in [0.4, 0.5) is 11.4 Å². The van der Waals surface area contributed by atoms with E-state index in [9.17, 15) is 14.4 Å². The van der Waals surface area contributed by atoms with Crippen molar-refractivity contribution >= 4 is 29.2 Å². The Morgan fingerprint density at radius 2 is 1.81 bits per heavy atom. The average Bonchev–Trinajstić information content (AvgIpc) is 3.10. The maximum absolute atomic E-state index is 12.0. The molecule has 1 aromatic carbocycles. The van der Waals surface area contributed by atoms with Crippen molar-refractivity contribution in [1.82, 2.24) is 0 Å². The SMILES string of the molecule is Cc1cc(NC=C2C(=O)OC(C)(C)OC2=O)ccc1NC(=O)c1ccco1. The van der Waals surface area contributed by atoms with E-state index in [1.165, 1.54) is 26.3 Å². The lowest BCUT2D eigenvalue weighted by molar-refractivity contribution is -0.222. The van der Waals surface area contributed by atoms with Gasteiger partial charge in [-0.05, 0) is 42.8 Å². The van der Waals surface area contributed by atoms with Crippen molar-refractivity contribution in [3.8, 4) is 0 Å². The van der Waals surface area contributed by atoms with Crippen LogP contribution in [0.2, 0.25) is 0 Å². The first kappa shape index (κ1) is 18.2. The van der Waals surface area contributed by atoms with Crippen LogP contribution in [0.25, 0.3) is 0 Å². The van der Waals surface area contributed by atoms with E-state index in [0.717, 1.165) is 5.56 Å². The highest BCUT2D eigenvalue weighted by Crippen LogP contribution is 2.24. The molecule has 0 radical (unpaired) electrons. The number of rotatable bonds is 4. The van der Waals surface area contributed by atoms with E-state index in [1.807, 2.05) is 6.92 Å². The first-order chi connectivity index (χ1) is 12.7. The molecule has 0 unspecified atom stereocenters. The molecule has 0 atom stereocenters. The van der Waals surface area contributed by atoms with Crippen molar-refractivity contribution in [2.75, 3.05) is 10.6 Å². The predicted octanol–water partition coefficient (Wildman–Crippen LogP) is 2.97. The number of benzene rings is 1. The van der Waals surface area contributed by atoms with Crippen LogP contribution in [0.3, 0.4) is 0 Å². The lowest BCUT2D eigenvalue weighted by atomic mass is 10.1. The zero-order valence-electron chi connectivity index (χ0n) is 15.0. The Kier molecular flexibility index (Phi) is 4.72. The second-order valence-corrected chi connectivity index (χ2v) is 6.34. The molecule has 0 spiro atoms. The topological polar surface area (TPSA) is 107 Å². The third-order valence-corrected chi connectivity index (χ3v) is 3.72. The van der Waals surface area contributed by atoms with Crippen LogP contribution < -0.4 is 10.6 Å². The van der Waals surface area contributed by atoms with Crippen molar-refractivity contribution in [2.45, 2.75) is 26.6 Å². The summed E-state index contributed by atoms with van der Waals surface area (Å²) >= 11 is 0. The fraction of sp³-hybridized carbons (Fsp3) is 0.211. The minimum Gasteiger partial charge on any atom is -0.459 e. The number of anilines is 2. The van der Waals surface area contributed by atoms with Gasteiger partial charge in [0.1, 0.15) is 0 Å². The molecule has 3 rings (SSSR count). The van der Waals surface area contributed by atoms with E-state index >= 15 is 0 Å². The van der Waals surface area contributed by atoms with Crippen molar-refractivity contribution in [2.24, 2.45) is 0 Å². The molecule has 8 heteroatoms. The van der Waals surface area contributed by atoms with Gasteiger partial charge in [-0.3, -0.25) is 4.79 Å². The van der Waals surface area contributed by atoms with E-state index in [1.54, 1.807) is 30.3 Å². The van der Waals surface area contributed by atoms with Gasteiger partial charge < -0.3 is 24.5 Å². The Morgan fingerprint density at radius 3 is 2.41 bits per heavy atom. The summed E-state index contributed by atoms with van der Waals surface area (Å²) in [5.41, 5.74) is 1.75. The number of hydrogen-bond donors (Lipinski definition) is 2. The highest BCUT2D eigenvalue weighted by molar-refractivity contribution is 6.15. The summed E-state index contributed by atoms with van der Waals surface area (Å²) in [6.07, 6.45) is 2.65. The molecule has 2 aromatic rings. The number of cyclic esters (lactones) is 2. The quantitative estimate of drug-likeness (QED) is 0.484. The number of aryl methyl sites for hydroxylation is 1. The molecule has 27 heavy (non-hydrogen) atoms. The summed E-state index contributed by atoms with van der Waals surface area (Å²) in [7, 11) is 0. The third-order valence-electron chi connectivity index (χ3n) is 3.72. The highest BCUT2D eigenvalue weighted by atomic mass is 16.7. The van der Waals surface area contributed by atoms with Gasteiger partial charge in [0.2, 0.25) is 0 Å². The van der Waals surface area contributed by atoms with Crippen molar-refractivity contribution < 1.29 is 28.3 Å². The maximum atomic E-state index is 12.0. The summed E-state index contributed by atoms with van der Waals surface area (Å²) < 4.78 is 15.1. The molecule has 2 heterocycles. The lowest BCUT2D eigenvalue weighted by Crippen LogP contribution is -2.42. The van der Waals surface area contributed by atoms with Crippen LogP contribution in [0, 0.1) is 6.92 Å². The zero-order chi connectivity index (χ0) is 19.6. The summed E-state index contributed by atoms with van der Waals surface area (Å²) in [6, 6.07) is 8.32. The number of hydrogen-bond acceptors (Lipinski definition) is 7. The molecular weight excluding hydrogens is 352 g/mol. The monoisotopic (exact) mass is 370 g/mol. The summed E-state index contributed by atoms with van der Waals surface area (Å²) in [4.78, 5) is 35.9. The second-order valence-electron chi connectivity index (χ2n) is 6.34. The number of carbonyl (C=O) groups excluding carboxylic acids is 3. The molecule has 1 fully saturated rings. The van der Waals surface area contributed by atoms with E-state index in [4.69, 9.17) is 13.9 Å². The highest BCUT2D eigenvalue weighted by Gasteiger charge is 2.38. The molecular formula is C19H18N2O6. The van der Waals surface area contributed by atoms with E-state index < -0.39 is 17.7 Å². The molecule has 1 aromatic heterocycles. The molecule has 1 aliphatic heterocycles. The minimum absolute atomic E-state index is 0.207. The van der Waals surface area contributed by atoms with Crippen molar-refractivity contribution in [1.29, 1.82) is 0 Å². The molecule has 2 N–H and O–H groups in total. The van der Waals surface area contributed by atoms with Gasteiger partial charge in [-0.2, -0.15) is 0 Å². The second kappa shape index (κ2) is 6.99. The zero-order valence-corrected chi connectivity index (χ0v) is 15.0. The average molecular weight is 370 g/mol. The lowest BCUT2D eigenvalue weighted by Gasteiger charge is -2.29. The maximum Gasteiger partial charge on any atom is 0.350 e. The Balaban J connectivity index is 1.70. The van der Waals surface area contributed by atoms with Crippen LogP contribution >= 0.6 is 0 Å². The first-order valence-corrected chi connectivity index (χ1v) is 8.14. The van der Waals surface area contributed by atoms with Gasteiger partial charge in [0.25, 0.3) is 11.7 Å². The Hall–Kier alpha value is -3.55. The minimum atomic E-state index is -1.28. The smallest absolute Gasteiger partial charge is 0.350 e. The number of amides is 1. The van der Waals surface area contributed by atoms with Gasteiger partial charge in [0.15, 0.2) is 11.3 Å². The summed E-state index contributed by atoms with van der Waals surface area (Å²) in [6.45, 7) is 4.76. The molecule has 0 bridgehead atoms. The van der Waals surface area contributed by atoms with E-state index in [0.29, 0.717) is 11.4 Å². The van der Waals surface area contributed by atoms with Crippen LogP contribution in [-0.4, -0.2) is 23.6 Å². The number of furan rings is 1. The number of ether oxygens (including phenoxy) is 2. The van der Waals surface area contributed by atoms with Crippen LogP contribution in [0.15, 0.2) is 52.8 Å². The fourth-order valence-corrected chi connectivity index (χ4v) is 2.42. The summed E-state index contributed by atoms with van der Waals surface area (Å²) in [5.74, 6) is -2.96. The van der Waals surface area contributed by atoms with Crippen LogP contribution in [-0.2, 0) is 19.1 Å². The summed E-state index contributed by atoms with van der Waals surface area (Å²) in [5, 5.41) is 5.60. The normalized spacial score (nSPS) is 15.6. The Labute approximate surface area is 155 Å². The van der Waals surface area contributed by atoms with Gasteiger partial charge in [-0.1, -0.05) is 0 Å². The van der Waals surface area contributed by atoms with Crippen molar-refractivity contribution in [3.63, 3.8) is 0 Å². The number of nitrogens with one attached hydrogen (secondary N) is 2. The molecule has 0 saturated carbocycles. The number of esters is 2. The van der Waals surface area contributed by atoms with Gasteiger partial charge in [-0.25, -0.2) is 9.59 Å². The molecule has 1 aliphatic rings. The van der Waals surface area contributed by atoms with Gasteiger partial charge >= 0.3 is 11.9 Å². The van der Waals surface area contributed by atoms with E-state index in [2.05, 4.69) is 10.6 Å². The van der Waals surface area contributed by atoms with Gasteiger partial charge in [-0.15, -0.1) is 0 Å². The Morgan fingerprint density at radius 1 is 1.11 bits per heavy atom. The molecule has 140 valence electrons. The molecule has 1 saturated heterocycles.